The summed E-state index contributed by atoms with van der Waals surface area (Å²) in [4.78, 5) is 25.8. The molecule has 0 atom stereocenters. The minimum Gasteiger partial charge on any atom is -0.478 e. The van der Waals surface area contributed by atoms with Crippen molar-refractivity contribution in [2.75, 3.05) is 29.9 Å². The van der Waals surface area contributed by atoms with Gasteiger partial charge in [-0.05, 0) is 42.3 Å². The predicted octanol–water partition coefficient (Wildman–Crippen LogP) is 3.49. The summed E-state index contributed by atoms with van der Waals surface area (Å²) in [5.74, 6) is 1.13. The summed E-state index contributed by atoms with van der Waals surface area (Å²) in [5, 5.41) is 12.4. The summed E-state index contributed by atoms with van der Waals surface area (Å²) in [6.07, 6.45) is 0. The average molecular weight is 370 g/mol. The van der Waals surface area contributed by atoms with Gasteiger partial charge in [0, 0.05) is 42.4 Å². The molecule has 0 bridgehead atoms. The van der Waals surface area contributed by atoms with E-state index in [0.29, 0.717) is 6.54 Å². The van der Waals surface area contributed by atoms with E-state index in [9.17, 15) is 9.59 Å². The van der Waals surface area contributed by atoms with Crippen molar-refractivity contribution in [3.8, 4) is 0 Å². The van der Waals surface area contributed by atoms with Crippen molar-refractivity contribution in [1.29, 1.82) is 0 Å². The van der Waals surface area contributed by atoms with Gasteiger partial charge in [-0.2, -0.15) is 11.8 Å². The van der Waals surface area contributed by atoms with Crippen LogP contribution in [0.4, 0.5) is 5.69 Å². The maximum atomic E-state index is 12.8. The Bertz CT molecular complexity index is 816. The van der Waals surface area contributed by atoms with Crippen LogP contribution in [0.5, 0.6) is 0 Å². The molecular weight excluding hydrogens is 348 g/mol. The van der Waals surface area contributed by atoms with Crippen LogP contribution >= 0.6 is 11.8 Å². The quantitative estimate of drug-likeness (QED) is 0.843. The number of nitrogens with zero attached hydrogens (tertiary/aromatic N) is 1. The van der Waals surface area contributed by atoms with Crippen LogP contribution < -0.4 is 5.32 Å². The number of nitrogens with one attached hydrogen (secondary N) is 1. The van der Waals surface area contributed by atoms with Gasteiger partial charge in [-0.1, -0.05) is 18.2 Å². The van der Waals surface area contributed by atoms with Crippen LogP contribution in [0.25, 0.3) is 0 Å². The van der Waals surface area contributed by atoms with Crippen LogP contribution in [0.1, 0.15) is 31.8 Å². The maximum Gasteiger partial charge on any atom is 0.335 e. The van der Waals surface area contributed by atoms with Crippen molar-refractivity contribution in [2.45, 2.75) is 13.5 Å². The highest BCUT2D eigenvalue weighted by atomic mass is 32.2. The molecule has 136 valence electrons. The van der Waals surface area contributed by atoms with E-state index in [1.54, 1.807) is 18.2 Å². The predicted molar refractivity (Wildman–Crippen MR) is 105 cm³/mol. The molecule has 26 heavy (non-hydrogen) atoms. The average Bonchev–Trinajstić information content (AvgIpc) is 2.67. The molecule has 0 spiro atoms. The molecule has 0 radical (unpaired) electrons. The molecule has 0 aromatic heterocycles. The Balaban J connectivity index is 1.74. The smallest absolute Gasteiger partial charge is 0.335 e. The van der Waals surface area contributed by atoms with Crippen molar-refractivity contribution in [3.63, 3.8) is 0 Å². The summed E-state index contributed by atoms with van der Waals surface area (Å²) in [7, 11) is 0. The summed E-state index contributed by atoms with van der Waals surface area (Å²) >= 11 is 1.88. The number of hydrogen-bond donors (Lipinski definition) is 2. The molecule has 5 nitrogen and oxygen atoms in total. The molecule has 1 saturated heterocycles. The number of hydrogen-bond acceptors (Lipinski definition) is 4. The van der Waals surface area contributed by atoms with Crippen LogP contribution in [0.3, 0.4) is 0 Å². The molecule has 1 heterocycles. The first-order valence-electron chi connectivity index (χ1n) is 8.59. The van der Waals surface area contributed by atoms with E-state index < -0.39 is 5.97 Å². The number of carbonyl (C=O) groups excluding carboxylic acids is 1. The number of anilines is 1. The second-order valence-corrected chi connectivity index (χ2v) is 7.47. The molecule has 3 rings (SSSR count). The number of aromatic carboxylic acids is 1. The fourth-order valence-corrected chi connectivity index (χ4v) is 3.91. The number of carbonyl (C=O) groups is 2. The highest BCUT2D eigenvalue weighted by Gasteiger charge is 2.20. The first-order valence-corrected chi connectivity index (χ1v) is 9.74. The van der Waals surface area contributed by atoms with Gasteiger partial charge in [0.2, 0.25) is 0 Å². The van der Waals surface area contributed by atoms with E-state index in [1.807, 2.05) is 47.9 Å². The van der Waals surface area contributed by atoms with Gasteiger partial charge < -0.3 is 15.3 Å². The van der Waals surface area contributed by atoms with Gasteiger partial charge in [-0.25, -0.2) is 4.79 Å². The number of benzene rings is 2. The summed E-state index contributed by atoms with van der Waals surface area (Å²) in [6, 6.07) is 12.6. The van der Waals surface area contributed by atoms with Gasteiger partial charge in [0.1, 0.15) is 0 Å². The van der Waals surface area contributed by atoms with Crippen LogP contribution in [-0.4, -0.2) is 46.5 Å². The highest BCUT2D eigenvalue weighted by molar-refractivity contribution is 7.99. The van der Waals surface area contributed by atoms with E-state index in [2.05, 4.69) is 5.32 Å². The van der Waals surface area contributed by atoms with Crippen LogP contribution in [0, 0.1) is 6.92 Å². The van der Waals surface area contributed by atoms with Crippen LogP contribution in [-0.2, 0) is 6.54 Å². The Labute approximate surface area is 157 Å². The Morgan fingerprint density at radius 3 is 2.62 bits per heavy atom. The van der Waals surface area contributed by atoms with Gasteiger partial charge in [0.25, 0.3) is 5.91 Å². The fraction of sp³-hybridized carbons (Fsp3) is 0.300. The summed E-state index contributed by atoms with van der Waals surface area (Å²) in [6.45, 7) is 4.03. The second kappa shape index (κ2) is 8.27. The lowest BCUT2D eigenvalue weighted by molar-refractivity contribution is 0.0695. The van der Waals surface area contributed by atoms with Crippen LogP contribution in [0.15, 0.2) is 42.5 Å². The molecule has 1 aliphatic rings. The first kappa shape index (κ1) is 18.3. The number of thioether (sulfide) groups is 1. The molecular formula is C20H22N2O3S. The zero-order valence-electron chi connectivity index (χ0n) is 14.7. The molecule has 0 unspecified atom stereocenters. The second-order valence-electron chi connectivity index (χ2n) is 6.24. The van der Waals surface area contributed by atoms with E-state index >= 15 is 0 Å². The minimum absolute atomic E-state index is 0.0827. The van der Waals surface area contributed by atoms with Gasteiger partial charge in [-0.3, -0.25) is 4.79 Å². The Hall–Kier alpha value is -2.47. The van der Waals surface area contributed by atoms with E-state index in [4.69, 9.17) is 5.11 Å². The zero-order valence-corrected chi connectivity index (χ0v) is 15.5. The standard InChI is InChI=1S/C20H22N2O3S/c1-14-17(19(23)22-8-10-26-11-9-22)6-3-7-18(14)21-13-15-4-2-5-16(12-15)20(24)25/h2-7,12,21H,8-11,13H2,1H3,(H,24,25). The fourth-order valence-electron chi connectivity index (χ4n) is 3.01. The Kier molecular flexibility index (Phi) is 5.83. The monoisotopic (exact) mass is 370 g/mol. The molecule has 1 amide bonds. The van der Waals surface area contributed by atoms with Crippen molar-refractivity contribution < 1.29 is 14.7 Å². The molecule has 6 heteroatoms. The van der Waals surface area contributed by atoms with E-state index in [1.165, 1.54) is 0 Å². The largest absolute Gasteiger partial charge is 0.478 e. The zero-order chi connectivity index (χ0) is 18.5. The molecule has 1 aliphatic heterocycles. The molecule has 2 aromatic rings. The van der Waals surface area contributed by atoms with Crippen molar-refractivity contribution in [2.24, 2.45) is 0 Å². The van der Waals surface area contributed by atoms with Gasteiger partial charge in [-0.15, -0.1) is 0 Å². The molecule has 2 aromatic carbocycles. The lowest BCUT2D eigenvalue weighted by Crippen LogP contribution is -2.38. The van der Waals surface area contributed by atoms with Crippen molar-refractivity contribution in [1.82, 2.24) is 4.90 Å². The third-order valence-electron chi connectivity index (χ3n) is 4.52. The minimum atomic E-state index is -0.935. The van der Waals surface area contributed by atoms with E-state index in [-0.39, 0.29) is 11.5 Å². The van der Waals surface area contributed by atoms with Gasteiger partial charge in [0.15, 0.2) is 0 Å². The maximum absolute atomic E-state index is 12.8. The number of carboxylic acids is 1. The Morgan fingerprint density at radius 1 is 1.15 bits per heavy atom. The van der Waals surface area contributed by atoms with Crippen molar-refractivity contribution in [3.05, 3.63) is 64.7 Å². The third-order valence-corrected chi connectivity index (χ3v) is 5.46. The molecule has 2 N–H and O–H groups in total. The number of amides is 1. The molecule has 0 aliphatic carbocycles. The highest BCUT2D eigenvalue weighted by Crippen LogP contribution is 2.22. The summed E-state index contributed by atoms with van der Waals surface area (Å²) in [5.41, 5.74) is 3.69. The lowest BCUT2D eigenvalue weighted by Gasteiger charge is -2.27. The van der Waals surface area contributed by atoms with Gasteiger partial charge >= 0.3 is 5.97 Å². The molecule has 1 fully saturated rings. The number of rotatable bonds is 5. The first-order chi connectivity index (χ1) is 12.6. The van der Waals surface area contributed by atoms with Gasteiger partial charge in [0.05, 0.1) is 5.56 Å². The lowest BCUT2D eigenvalue weighted by atomic mass is 10.0. The Morgan fingerprint density at radius 2 is 1.88 bits per heavy atom. The topological polar surface area (TPSA) is 69.6 Å². The molecule has 0 saturated carbocycles. The van der Waals surface area contributed by atoms with E-state index in [0.717, 1.165) is 47.0 Å². The summed E-state index contributed by atoms with van der Waals surface area (Å²) < 4.78 is 0. The van der Waals surface area contributed by atoms with Crippen LogP contribution in [0.2, 0.25) is 0 Å². The third kappa shape index (κ3) is 4.19. The normalized spacial score (nSPS) is 14.1. The van der Waals surface area contributed by atoms with Crippen molar-refractivity contribution >= 4 is 29.3 Å². The SMILES string of the molecule is Cc1c(NCc2cccc(C(=O)O)c2)cccc1C(=O)N1CCSCC1. The number of carboxylic acid groups (broad SMARTS) is 1.